The van der Waals surface area contributed by atoms with Crippen LogP contribution in [-0.2, 0) is 0 Å². The van der Waals surface area contributed by atoms with E-state index in [0.717, 1.165) is 34.9 Å². The number of amidine groups is 2. The van der Waals surface area contributed by atoms with Gasteiger partial charge in [-0.2, -0.15) is 5.10 Å². The summed E-state index contributed by atoms with van der Waals surface area (Å²) in [5, 5.41) is 9.77. The fraction of sp³-hybridized carbons (Fsp3) is 0.231. The third-order valence-corrected chi connectivity index (χ3v) is 6.83. The van der Waals surface area contributed by atoms with Crippen molar-refractivity contribution < 1.29 is 18.9 Å². The molecule has 0 radical (unpaired) electrons. The molecule has 2 aliphatic rings. The van der Waals surface area contributed by atoms with Gasteiger partial charge in [-0.15, -0.1) is 5.10 Å². The molecule has 1 fully saturated rings. The first kappa shape index (κ1) is 29.4. The Morgan fingerprint density at radius 3 is 2.54 bits per heavy atom. The Labute approximate surface area is 218 Å². The summed E-state index contributed by atoms with van der Waals surface area (Å²) >= 11 is 1.73. The Kier molecular flexibility index (Phi) is 11.1. The van der Waals surface area contributed by atoms with Gasteiger partial charge in [-0.1, -0.05) is 42.1 Å². The summed E-state index contributed by atoms with van der Waals surface area (Å²) in [5.74, 6) is 1.44. The predicted octanol–water partition coefficient (Wildman–Crippen LogP) is 6.07. The van der Waals surface area contributed by atoms with Crippen molar-refractivity contribution in [3.8, 4) is 5.75 Å². The van der Waals surface area contributed by atoms with Crippen molar-refractivity contribution in [3.05, 3.63) is 83.1 Å². The van der Waals surface area contributed by atoms with Gasteiger partial charge in [0.2, 0.25) is 0 Å². The minimum absolute atomic E-state index is 0. The monoisotopic (exact) mass is 530 g/mol. The minimum atomic E-state index is 0. The van der Waals surface area contributed by atoms with Crippen LogP contribution in [0.4, 0.5) is 19.6 Å². The first-order valence-corrected chi connectivity index (χ1v) is 12.3. The fourth-order valence-electron chi connectivity index (χ4n) is 3.70. The number of rotatable bonds is 7. The van der Waals surface area contributed by atoms with Crippen molar-refractivity contribution in [2.24, 2.45) is 25.9 Å². The van der Waals surface area contributed by atoms with Crippen molar-refractivity contribution in [1.29, 1.82) is 0 Å². The quantitative estimate of drug-likeness (QED) is 0.267. The summed E-state index contributed by atoms with van der Waals surface area (Å²) in [4.78, 5) is 14.3. The summed E-state index contributed by atoms with van der Waals surface area (Å²) in [6, 6.07) is 14.1. The van der Waals surface area contributed by atoms with Gasteiger partial charge in [0.15, 0.2) is 10.9 Å². The van der Waals surface area contributed by atoms with Crippen LogP contribution in [0, 0.1) is 0 Å². The molecular formula is C26H29F3N6OS. The molecule has 1 aliphatic carbocycles. The van der Waals surface area contributed by atoms with Crippen LogP contribution in [0.5, 0.6) is 5.75 Å². The molecule has 1 aliphatic heterocycles. The lowest BCUT2D eigenvalue weighted by molar-refractivity contribution is -0.00618. The van der Waals surface area contributed by atoms with Crippen molar-refractivity contribution in [3.63, 3.8) is 0 Å². The van der Waals surface area contributed by atoms with Crippen molar-refractivity contribution in [2.45, 2.75) is 32.7 Å². The lowest BCUT2D eigenvalue weighted by atomic mass is 10.0. The van der Waals surface area contributed by atoms with E-state index < -0.39 is 0 Å². The number of thioether (sulfide) groups is 1. The zero-order valence-corrected chi connectivity index (χ0v) is 21.3. The lowest BCUT2D eigenvalue weighted by Crippen LogP contribution is -2.31. The second-order valence-corrected chi connectivity index (χ2v) is 9.20. The van der Waals surface area contributed by atoms with Gasteiger partial charge in [-0.3, -0.25) is 14.4 Å². The molecule has 1 atom stereocenters. The molecular weight excluding hydrogens is 501 g/mol. The second kappa shape index (κ2) is 14.0. The Bertz CT molecular complexity index is 1220. The highest BCUT2D eigenvalue weighted by Crippen LogP contribution is 2.32. The van der Waals surface area contributed by atoms with Crippen LogP contribution in [0.2, 0.25) is 0 Å². The van der Waals surface area contributed by atoms with Gasteiger partial charge in [0.05, 0.1) is 11.9 Å². The number of benzene rings is 2. The van der Waals surface area contributed by atoms with E-state index in [1.807, 2.05) is 24.3 Å². The molecule has 37 heavy (non-hydrogen) atoms. The largest absolute Gasteiger partial charge is 0.383 e. The van der Waals surface area contributed by atoms with Crippen LogP contribution >= 0.6 is 11.8 Å². The molecule has 11 heteroatoms. The SMILES string of the molecule is CC1=C(N2/C(=N/N=C/c3ccc(C(N)=NC=Nc4ccc(OF)cc4)cc3)SCC2C)C=CCC1.F.F. The average molecular weight is 531 g/mol. The molecule has 1 heterocycles. The Balaban J connectivity index is 0.00000241. The van der Waals surface area contributed by atoms with Crippen LogP contribution in [-0.4, -0.2) is 40.3 Å². The number of hydrogen-bond acceptors (Lipinski definition) is 5. The third kappa shape index (κ3) is 7.56. The molecule has 2 aromatic carbocycles. The van der Waals surface area contributed by atoms with Gasteiger partial charge in [0.25, 0.3) is 0 Å². The van der Waals surface area contributed by atoms with E-state index in [2.05, 4.69) is 56.0 Å². The second-order valence-electron chi connectivity index (χ2n) is 8.22. The van der Waals surface area contributed by atoms with Gasteiger partial charge in [-0.25, -0.2) is 9.98 Å². The highest BCUT2D eigenvalue weighted by Gasteiger charge is 2.30. The summed E-state index contributed by atoms with van der Waals surface area (Å²) in [6.45, 7) is 4.41. The number of halogens is 3. The highest BCUT2D eigenvalue weighted by atomic mass is 32.2. The molecule has 0 amide bonds. The molecule has 0 spiro atoms. The number of nitrogens with two attached hydrogens (primary N) is 1. The number of nitrogens with zero attached hydrogens (tertiary/aromatic N) is 5. The third-order valence-electron chi connectivity index (χ3n) is 5.64. The predicted molar refractivity (Wildman–Crippen MR) is 148 cm³/mol. The van der Waals surface area contributed by atoms with Crippen molar-refractivity contribution >= 4 is 41.0 Å². The lowest BCUT2D eigenvalue weighted by Gasteiger charge is -2.27. The van der Waals surface area contributed by atoms with Crippen LogP contribution in [0.25, 0.3) is 0 Å². The molecule has 0 bridgehead atoms. The van der Waals surface area contributed by atoms with Crippen LogP contribution < -0.4 is 10.7 Å². The first-order valence-electron chi connectivity index (χ1n) is 11.3. The number of aliphatic imine (C=N–C) groups is 2. The summed E-state index contributed by atoms with van der Waals surface area (Å²) in [5.41, 5.74) is 11.0. The number of allylic oxidation sites excluding steroid dienone is 3. The minimum Gasteiger partial charge on any atom is -0.383 e. The molecule has 1 unspecified atom stereocenters. The van der Waals surface area contributed by atoms with Gasteiger partial charge >= 0.3 is 0 Å². The maximum atomic E-state index is 12.1. The van der Waals surface area contributed by atoms with Crippen molar-refractivity contribution in [2.75, 3.05) is 5.75 Å². The van der Waals surface area contributed by atoms with E-state index in [4.69, 9.17) is 5.73 Å². The summed E-state index contributed by atoms with van der Waals surface area (Å²) in [6.07, 6.45) is 9.70. The summed E-state index contributed by atoms with van der Waals surface area (Å²) < 4.78 is 12.1. The number of hydrogen-bond donors (Lipinski definition) is 1. The van der Waals surface area contributed by atoms with Gasteiger partial charge in [0, 0.05) is 27.6 Å². The standard InChI is InChI=1S/C26H27FN6OS.2FH/c1-18-5-3-4-6-24(18)33-19(2)16-35-26(33)32-31-15-20-7-9-21(10-8-20)25(28)30-17-29-22-11-13-23(34-27)14-12-22;;/h4,6-15,17,19H,3,5,16H2,1-2H3,(H2,28,29,30);2*1H/b31-15+,32-26-;;. The molecule has 4 rings (SSSR count). The van der Waals surface area contributed by atoms with E-state index in [1.54, 1.807) is 30.1 Å². The Morgan fingerprint density at radius 1 is 1.14 bits per heavy atom. The smallest absolute Gasteiger partial charge is 0.190 e. The van der Waals surface area contributed by atoms with E-state index >= 15 is 0 Å². The normalized spacial score (nSPS) is 19.0. The zero-order valence-electron chi connectivity index (χ0n) is 20.5. The maximum Gasteiger partial charge on any atom is 0.190 e. The van der Waals surface area contributed by atoms with Crippen molar-refractivity contribution in [1.82, 2.24) is 4.90 Å². The van der Waals surface area contributed by atoms with E-state index in [-0.39, 0.29) is 15.2 Å². The van der Waals surface area contributed by atoms with Crippen LogP contribution in [0.3, 0.4) is 0 Å². The topological polar surface area (TPSA) is 87.9 Å². The van der Waals surface area contributed by atoms with Gasteiger partial charge < -0.3 is 10.6 Å². The Morgan fingerprint density at radius 2 is 1.86 bits per heavy atom. The molecule has 2 aromatic rings. The molecule has 0 saturated carbocycles. The van der Waals surface area contributed by atoms with Gasteiger partial charge in [0.1, 0.15) is 12.2 Å². The van der Waals surface area contributed by atoms with Gasteiger partial charge in [-0.05, 0) is 68.2 Å². The zero-order chi connectivity index (χ0) is 24.6. The highest BCUT2D eigenvalue weighted by molar-refractivity contribution is 8.14. The molecule has 1 saturated heterocycles. The molecule has 7 nitrogen and oxygen atoms in total. The van der Waals surface area contributed by atoms with E-state index in [9.17, 15) is 4.53 Å². The fourth-order valence-corrected chi connectivity index (χ4v) is 4.76. The maximum absolute atomic E-state index is 12.1. The van der Waals surface area contributed by atoms with Crippen LogP contribution in [0.1, 0.15) is 37.8 Å². The summed E-state index contributed by atoms with van der Waals surface area (Å²) in [7, 11) is 0. The molecule has 0 aromatic heterocycles. The van der Waals surface area contributed by atoms with E-state index in [0.29, 0.717) is 17.6 Å². The first-order chi connectivity index (χ1) is 17.0. The van der Waals surface area contributed by atoms with Crippen LogP contribution in [0.15, 0.2) is 92.1 Å². The van der Waals surface area contributed by atoms with E-state index in [1.165, 1.54) is 29.7 Å². The Hall–Kier alpha value is -3.86. The molecule has 196 valence electrons. The molecule has 2 N–H and O–H groups in total. The average Bonchev–Trinajstić information content (AvgIpc) is 3.25.